The standard InChI is InChI=1S/C13H11N3O2S/c14-13(19)15-12-4-2-1-3-11(12)9-5-7-10(8-6-9)16(17)18/h1-8H,(H3,14,15,19). The molecule has 6 heteroatoms. The largest absolute Gasteiger partial charge is 0.376 e. The summed E-state index contributed by atoms with van der Waals surface area (Å²) in [6.45, 7) is 0. The van der Waals surface area contributed by atoms with E-state index in [0.29, 0.717) is 0 Å². The van der Waals surface area contributed by atoms with Gasteiger partial charge in [0.2, 0.25) is 0 Å². The van der Waals surface area contributed by atoms with Gasteiger partial charge in [0.1, 0.15) is 0 Å². The first kappa shape index (κ1) is 13.0. The predicted octanol–water partition coefficient (Wildman–Crippen LogP) is 2.92. The number of nitrogens with zero attached hydrogens (tertiary/aromatic N) is 1. The van der Waals surface area contributed by atoms with Gasteiger partial charge in [0, 0.05) is 23.4 Å². The number of nitro groups is 1. The van der Waals surface area contributed by atoms with Crippen molar-refractivity contribution in [3.63, 3.8) is 0 Å². The number of non-ortho nitro benzene ring substituents is 1. The molecule has 96 valence electrons. The molecular formula is C13H11N3O2S. The average Bonchev–Trinajstić information content (AvgIpc) is 2.39. The zero-order valence-electron chi connectivity index (χ0n) is 9.87. The molecule has 0 fully saturated rings. The quantitative estimate of drug-likeness (QED) is 0.510. The molecule has 0 spiro atoms. The van der Waals surface area contributed by atoms with Crippen molar-refractivity contribution in [2.75, 3.05) is 5.32 Å². The van der Waals surface area contributed by atoms with Crippen LogP contribution in [0, 0.1) is 10.1 Å². The summed E-state index contributed by atoms with van der Waals surface area (Å²) in [5.41, 5.74) is 8.02. The van der Waals surface area contributed by atoms with Gasteiger partial charge in [0.05, 0.1) is 4.92 Å². The van der Waals surface area contributed by atoms with E-state index in [0.717, 1.165) is 16.8 Å². The van der Waals surface area contributed by atoms with E-state index >= 15 is 0 Å². The molecule has 0 amide bonds. The van der Waals surface area contributed by atoms with Gasteiger partial charge in [-0.1, -0.05) is 18.2 Å². The van der Waals surface area contributed by atoms with Gasteiger partial charge in [-0.25, -0.2) is 0 Å². The molecule has 0 bridgehead atoms. The van der Waals surface area contributed by atoms with Gasteiger partial charge in [0.15, 0.2) is 5.11 Å². The fraction of sp³-hybridized carbons (Fsp3) is 0. The summed E-state index contributed by atoms with van der Waals surface area (Å²) < 4.78 is 0. The van der Waals surface area contributed by atoms with Crippen LogP contribution in [0.4, 0.5) is 11.4 Å². The van der Waals surface area contributed by atoms with Crippen molar-refractivity contribution in [2.24, 2.45) is 5.73 Å². The number of thiocarbonyl (C=S) groups is 1. The fourth-order valence-electron chi connectivity index (χ4n) is 1.74. The van der Waals surface area contributed by atoms with Crippen LogP contribution in [0.3, 0.4) is 0 Å². The number of nitro benzene ring substituents is 1. The van der Waals surface area contributed by atoms with Crippen LogP contribution in [-0.4, -0.2) is 10.0 Å². The molecule has 0 radical (unpaired) electrons. The zero-order chi connectivity index (χ0) is 13.8. The minimum atomic E-state index is -0.428. The highest BCUT2D eigenvalue weighted by molar-refractivity contribution is 7.80. The Labute approximate surface area is 115 Å². The van der Waals surface area contributed by atoms with Gasteiger partial charge >= 0.3 is 0 Å². The topological polar surface area (TPSA) is 81.2 Å². The SMILES string of the molecule is NC(=S)Nc1ccccc1-c1ccc([N+](=O)[O-])cc1. The van der Waals surface area contributed by atoms with E-state index in [1.807, 2.05) is 24.3 Å². The third-order valence-electron chi connectivity index (χ3n) is 2.57. The highest BCUT2D eigenvalue weighted by atomic mass is 32.1. The Morgan fingerprint density at radius 3 is 2.37 bits per heavy atom. The molecule has 0 aliphatic carbocycles. The van der Waals surface area contributed by atoms with Crippen molar-refractivity contribution >= 4 is 28.7 Å². The van der Waals surface area contributed by atoms with Crippen molar-refractivity contribution in [3.8, 4) is 11.1 Å². The molecule has 3 N–H and O–H groups in total. The summed E-state index contributed by atoms with van der Waals surface area (Å²) in [5, 5.41) is 13.7. The van der Waals surface area contributed by atoms with E-state index in [1.165, 1.54) is 12.1 Å². The van der Waals surface area contributed by atoms with E-state index in [-0.39, 0.29) is 10.8 Å². The number of nitrogens with one attached hydrogen (secondary N) is 1. The van der Waals surface area contributed by atoms with Gasteiger partial charge in [-0.15, -0.1) is 0 Å². The molecule has 0 aliphatic heterocycles. The van der Waals surface area contributed by atoms with Crippen LogP contribution in [0.25, 0.3) is 11.1 Å². The molecule has 0 aliphatic rings. The molecular weight excluding hydrogens is 262 g/mol. The Morgan fingerprint density at radius 2 is 1.79 bits per heavy atom. The highest BCUT2D eigenvalue weighted by Crippen LogP contribution is 2.29. The first-order valence-corrected chi connectivity index (χ1v) is 5.89. The number of hydrogen-bond donors (Lipinski definition) is 2. The number of benzene rings is 2. The normalized spacial score (nSPS) is 9.89. The smallest absolute Gasteiger partial charge is 0.269 e. The van der Waals surface area contributed by atoms with Crippen molar-refractivity contribution in [1.82, 2.24) is 0 Å². The summed E-state index contributed by atoms with van der Waals surface area (Å²) in [4.78, 5) is 10.2. The second-order valence-corrected chi connectivity index (χ2v) is 4.28. The molecule has 0 aromatic heterocycles. The molecule has 0 atom stereocenters. The lowest BCUT2D eigenvalue weighted by Crippen LogP contribution is -2.19. The maximum absolute atomic E-state index is 10.6. The van der Waals surface area contributed by atoms with Gasteiger partial charge in [-0.3, -0.25) is 10.1 Å². The number of para-hydroxylation sites is 1. The lowest BCUT2D eigenvalue weighted by Gasteiger charge is -2.10. The minimum absolute atomic E-state index is 0.0588. The van der Waals surface area contributed by atoms with Crippen LogP contribution in [-0.2, 0) is 0 Å². The third kappa shape index (κ3) is 3.05. The molecule has 19 heavy (non-hydrogen) atoms. The van der Waals surface area contributed by atoms with Gasteiger partial charge in [0.25, 0.3) is 5.69 Å². The van der Waals surface area contributed by atoms with Crippen LogP contribution in [0.1, 0.15) is 0 Å². The van der Waals surface area contributed by atoms with Crippen molar-refractivity contribution in [1.29, 1.82) is 0 Å². The monoisotopic (exact) mass is 273 g/mol. The van der Waals surface area contributed by atoms with Crippen molar-refractivity contribution in [2.45, 2.75) is 0 Å². The van der Waals surface area contributed by atoms with Gasteiger partial charge < -0.3 is 11.1 Å². The Bertz CT molecular complexity index is 626. The first-order valence-electron chi connectivity index (χ1n) is 5.48. The summed E-state index contributed by atoms with van der Waals surface area (Å²) >= 11 is 4.82. The first-order chi connectivity index (χ1) is 9.08. The highest BCUT2D eigenvalue weighted by Gasteiger charge is 2.08. The number of nitrogens with two attached hydrogens (primary N) is 1. The maximum Gasteiger partial charge on any atom is 0.269 e. The molecule has 5 nitrogen and oxygen atoms in total. The fourth-order valence-corrected chi connectivity index (χ4v) is 1.85. The molecule has 0 heterocycles. The molecule has 2 aromatic carbocycles. The Morgan fingerprint density at radius 1 is 1.16 bits per heavy atom. The zero-order valence-corrected chi connectivity index (χ0v) is 10.7. The van der Waals surface area contributed by atoms with Crippen LogP contribution >= 0.6 is 12.2 Å². The van der Waals surface area contributed by atoms with E-state index in [2.05, 4.69) is 5.32 Å². The molecule has 0 saturated carbocycles. The van der Waals surface area contributed by atoms with Crippen molar-refractivity contribution < 1.29 is 4.92 Å². The Hall–Kier alpha value is -2.47. The Balaban J connectivity index is 2.41. The summed E-state index contributed by atoms with van der Waals surface area (Å²) in [5.74, 6) is 0. The van der Waals surface area contributed by atoms with E-state index < -0.39 is 4.92 Å². The van der Waals surface area contributed by atoms with Crippen LogP contribution in [0.15, 0.2) is 48.5 Å². The molecule has 2 aromatic rings. The number of hydrogen-bond acceptors (Lipinski definition) is 3. The predicted molar refractivity (Wildman–Crippen MR) is 78.9 cm³/mol. The second-order valence-electron chi connectivity index (χ2n) is 3.84. The lowest BCUT2D eigenvalue weighted by atomic mass is 10.0. The summed E-state index contributed by atoms with van der Waals surface area (Å²) in [6, 6.07) is 13.8. The average molecular weight is 273 g/mol. The summed E-state index contributed by atoms with van der Waals surface area (Å²) in [7, 11) is 0. The third-order valence-corrected chi connectivity index (χ3v) is 2.68. The maximum atomic E-state index is 10.6. The van der Waals surface area contributed by atoms with Crippen molar-refractivity contribution in [3.05, 3.63) is 58.6 Å². The lowest BCUT2D eigenvalue weighted by molar-refractivity contribution is -0.384. The Kier molecular flexibility index (Phi) is 3.72. The van der Waals surface area contributed by atoms with Crippen LogP contribution < -0.4 is 11.1 Å². The number of anilines is 1. The molecule has 2 rings (SSSR count). The summed E-state index contributed by atoms with van der Waals surface area (Å²) in [6.07, 6.45) is 0. The van der Waals surface area contributed by atoms with E-state index in [1.54, 1.807) is 12.1 Å². The molecule has 0 unspecified atom stereocenters. The molecule has 0 saturated heterocycles. The minimum Gasteiger partial charge on any atom is -0.376 e. The second kappa shape index (κ2) is 5.45. The van der Waals surface area contributed by atoms with Gasteiger partial charge in [-0.2, -0.15) is 0 Å². The van der Waals surface area contributed by atoms with E-state index in [4.69, 9.17) is 18.0 Å². The van der Waals surface area contributed by atoms with Crippen LogP contribution in [0.2, 0.25) is 0 Å². The number of rotatable bonds is 3. The van der Waals surface area contributed by atoms with Crippen LogP contribution in [0.5, 0.6) is 0 Å². The van der Waals surface area contributed by atoms with Gasteiger partial charge in [-0.05, 0) is 36.0 Å². The van der Waals surface area contributed by atoms with E-state index in [9.17, 15) is 10.1 Å².